The third kappa shape index (κ3) is 5.24. The molecule has 3 heterocycles. The van der Waals surface area contributed by atoms with E-state index in [1.165, 1.54) is 24.3 Å². The molecule has 0 saturated carbocycles. The third-order valence-corrected chi connectivity index (χ3v) is 5.83. The van der Waals surface area contributed by atoms with Gasteiger partial charge in [-0.15, -0.1) is 11.3 Å². The number of likely N-dealkylation sites (tertiary alicyclic amines) is 1. The van der Waals surface area contributed by atoms with Gasteiger partial charge in [0.15, 0.2) is 5.78 Å². The molecule has 0 spiro atoms. The zero-order valence-corrected chi connectivity index (χ0v) is 15.9. The summed E-state index contributed by atoms with van der Waals surface area (Å²) in [7, 11) is 0. The van der Waals surface area contributed by atoms with Gasteiger partial charge < -0.3 is 10.3 Å². The topological polar surface area (TPSA) is 115 Å². The maximum atomic E-state index is 12.2. The average Bonchev–Trinajstić information content (AvgIpc) is 3.10. The number of aromatic nitrogens is 2. The Kier molecular flexibility index (Phi) is 6.02. The van der Waals surface area contributed by atoms with Crippen molar-refractivity contribution in [3.05, 3.63) is 54.5 Å². The van der Waals surface area contributed by atoms with E-state index in [-0.39, 0.29) is 11.7 Å². The van der Waals surface area contributed by atoms with Crippen LogP contribution in [0, 0.1) is 5.92 Å². The number of Topliss-reactive ketones (excluding diaryl/α,β-unsaturated/α-hetero) is 1. The minimum atomic E-state index is -0.489. The highest BCUT2D eigenvalue weighted by Crippen LogP contribution is 2.19. The number of nitrogens with zero attached hydrogens (tertiary/aromatic N) is 1. The van der Waals surface area contributed by atoms with Gasteiger partial charge in [0.2, 0.25) is 0 Å². The number of thiophene rings is 1. The number of H-pyrrole nitrogens is 2. The number of piperidine rings is 1. The molecule has 3 rings (SSSR count). The van der Waals surface area contributed by atoms with Gasteiger partial charge in [-0.1, -0.05) is 0 Å². The van der Waals surface area contributed by atoms with Gasteiger partial charge in [0.1, 0.15) is 0 Å². The van der Waals surface area contributed by atoms with Crippen molar-refractivity contribution in [1.82, 2.24) is 20.2 Å². The summed E-state index contributed by atoms with van der Waals surface area (Å²) in [5.74, 6) is 0.208. The van der Waals surface area contributed by atoms with Crippen molar-refractivity contribution < 1.29 is 9.59 Å². The summed E-state index contributed by atoms with van der Waals surface area (Å²) in [4.78, 5) is 54.3. The molecule has 27 heavy (non-hydrogen) atoms. The average molecular weight is 390 g/mol. The monoisotopic (exact) mass is 390 g/mol. The summed E-state index contributed by atoms with van der Waals surface area (Å²) in [6.07, 6.45) is 1.85. The van der Waals surface area contributed by atoms with Crippen LogP contribution in [-0.2, 0) is 6.54 Å². The Morgan fingerprint density at radius 1 is 1.19 bits per heavy atom. The van der Waals surface area contributed by atoms with E-state index < -0.39 is 11.2 Å². The third-order valence-electron chi connectivity index (χ3n) is 4.65. The second kappa shape index (κ2) is 8.45. The first-order chi connectivity index (χ1) is 12.9. The lowest BCUT2D eigenvalue weighted by Gasteiger charge is -2.31. The Morgan fingerprint density at radius 2 is 1.89 bits per heavy atom. The molecule has 0 unspecified atom stereocenters. The van der Waals surface area contributed by atoms with E-state index in [1.54, 1.807) is 12.1 Å². The number of carbonyl (C=O) groups excluding carboxylic acids is 2. The van der Waals surface area contributed by atoms with Crippen LogP contribution in [0.2, 0.25) is 0 Å². The Labute approximate surface area is 159 Å². The molecule has 0 aliphatic carbocycles. The normalized spacial score (nSPS) is 15.6. The van der Waals surface area contributed by atoms with Gasteiger partial charge in [-0.3, -0.25) is 24.3 Å². The molecule has 1 fully saturated rings. The van der Waals surface area contributed by atoms with Crippen LogP contribution in [0.1, 0.15) is 44.8 Å². The number of rotatable bonds is 6. The molecular formula is C18H22N4O4S. The lowest BCUT2D eigenvalue weighted by molar-refractivity contribution is 0.0938. The number of hydrogen-bond donors (Lipinski definition) is 3. The summed E-state index contributed by atoms with van der Waals surface area (Å²) in [6, 6.07) is 4.77. The predicted octanol–water partition coefficient (Wildman–Crippen LogP) is 0.969. The molecule has 8 nitrogen and oxygen atoms in total. The van der Waals surface area contributed by atoms with E-state index in [9.17, 15) is 19.2 Å². The first kappa shape index (κ1) is 19.2. The molecular weight excluding hydrogens is 368 g/mol. The highest BCUT2D eigenvalue weighted by atomic mass is 32.1. The van der Waals surface area contributed by atoms with Crippen molar-refractivity contribution in [2.45, 2.75) is 26.3 Å². The van der Waals surface area contributed by atoms with Crippen molar-refractivity contribution >= 4 is 23.0 Å². The maximum absolute atomic E-state index is 12.2. The first-order valence-electron chi connectivity index (χ1n) is 8.84. The lowest BCUT2D eigenvalue weighted by atomic mass is 9.96. The lowest BCUT2D eigenvalue weighted by Crippen LogP contribution is -2.39. The van der Waals surface area contributed by atoms with E-state index in [0.29, 0.717) is 34.5 Å². The Morgan fingerprint density at radius 3 is 2.52 bits per heavy atom. The minimum Gasteiger partial charge on any atom is -0.351 e. The molecule has 1 amide bonds. The highest BCUT2D eigenvalue weighted by Gasteiger charge is 2.21. The Hall–Kier alpha value is -2.52. The van der Waals surface area contributed by atoms with Crippen molar-refractivity contribution in [3.8, 4) is 0 Å². The first-order valence-corrected chi connectivity index (χ1v) is 9.66. The van der Waals surface area contributed by atoms with Crippen LogP contribution < -0.4 is 16.6 Å². The summed E-state index contributed by atoms with van der Waals surface area (Å²) in [5.41, 5.74) is -0.279. The van der Waals surface area contributed by atoms with Gasteiger partial charge in [-0.05, 0) is 50.9 Å². The summed E-state index contributed by atoms with van der Waals surface area (Å²) in [5, 5.41) is 2.95. The molecule has 2 aromatic rings. The van der Waals surface area contributed by atoms with Crippen LogP contribution in [0.25, 0.3) is 0 Å². The molecule has 1 aliphatic rings. The van der Waals surface area contributed by atoms with Gasteiger partial charge in [0.05, 0.1) is 9.75 Å². The molecule has 0 bridgehead atoms. The number of nitrogens with one attached hydrogen (secondary N) is 3. The molecule has 144 valence electrons. The van der Waals surface area contributed by atoms with Crippen molar-refractivity contribution in [2.75, 3.05) is 19.6 Å². The zero-order valence-electron chi connectivity index (χ0n) is 15.0. The number of ketones is 1. The molecule has 1 aliphatic heterocycles. The minimum absolute atomic E-state index is 0.0341. The Bertz CT molecular complexity index is 909. The van der Waals surface area contributed by atoms with Crippen molar-refractivity contribution in [2.24, 2.45) is 5.92 Å². The van der Waals surface area contributed by atoms with E-state index in [2.05, 4.69) is 20.2 Å². The fraction of sp³-hybridized carbons (Fsp3) is 0.444. The second-order valence-electron chi connectivity index (χ2n) is 6.76. The van der Waals surface area contributed by atoms with Crippen LogP contribution in [0.3, 0.4) is 0 Å². The van der Waals surface area contributed by atoms with Gasteiger partial charge in [0.25, 0.3) is 11.5 Å². The van der Waals surface area contributed by atoms with Gasteiger partial charge in [-0.2, -0.15) is 0 Å². The van der Waals surface area contributed by atoms with E-state index in [0.717, 1.165) is 25.9 Å². The number of amides is 1. The van der Waals surface area contributed by atoms with E-state index >= 15 is 0 Å². The molecule has 0 atom stereocenters. The largest absolute Gasteiger partial charge is 0.351 e. The molecule has 3 N–H and O–H groups in total. The molecule has 0 aromatic carbocycles. The molecule has 0 radical (unpaired) electrons. The SMILES string of the molecule is CC(=O)c1ccc(C(=O)NCC2CCN(Cc3cc(=O)[nH]c(=O)[nH]3)CC2)s1. The van der Waals surface area contributed by atoms with Crippen molar-refractivity contribution in [1.29, 1.82) is 0 Å². The summed E-state index contributed by atoms with van der Waals surface area (Å²) < 4.78 is 0. The van der Waals surface area contributed by atoms with Gasteiger partial charge in [-0.25, -0.2) is 4.79 Å². The predicted molar refractivity (Wildman–Crippen MR) is 102 cm³/mol. The number of aromatic amines is 2. The van der Waals surface area contributed by atoms with Crippen LogP contribution in [-0.4, -0.2) is 46.2 Å². The maximum Gasteiger partial charge on any atom is 0.325 e. The number of carbonyl (C=O) groups is 2. The van der Waals surface area contributed by atoms with Crippen LogP contribution in [0.5, 0.6) is 0 Å². The smallest absolute Gasteiger partial charge is 0.325 e. The standard InChI is InChI=1S/C18H22N4O4S/c1-11(23)14-2-3-15(27-14)17(25)19-9-12-4-6-22(7-5-12)10-13-8-16(24)21-18(26)20-13/h2-3,8,12H,4-7,9-10H2,1H3,(H,19,25)(H2,20,21,24,26). The Balaban J connectivity index is 1.45. The molecule has 9 heteroatoms. The second-order valence-corrected chi connectivity index (χ2v) is 7.85. The van der Waals surface area contributed by atoms with Crippen molar-refractivity contribution in [3.63, 3.8) is 0 Å². The van der Waals surface area contributed by atoms with Crippen LogP contribution in [0.4, 0.5) is 0 Å². The van der Waals surface area contributed by atoms with E-state index in [1.807, 2.05) is 0 Å². The quantitative estimate of drug-likeness (QED) is 0.636. The van der Waals surface area contributed by atoms with Gasteiger partial charge >= 0.3 is 5.69 Å². The van der Waals surface area contributed by atoms with Gasteiger partial charge in [0, 0.05) is 24.8 Å². The fourth-order valence-electron chi connectivity index (χ4n) is 3.17. The van der Waals surface area contributed by atoms with Crippen LogP contribution in [0.15, 0.2) is 27.8 Å². The summed E-state index contributed by atoms with van der Waals surface area (Å²) >= 11 is 1.21. The molecule has 2 aromatic heterocycles. The van der Waals surface area contributed by atoms with E-state index in [4.69, 9.17) is 0 Å². The summed E-state index contributed by atoms with van der Waals surface area (Å²) in [6.45, 7) is 4.29. The van der Waals surface area contributed by atoms with Crippen LogP contribution >= 0.6 is 11.3 Å². The zero-order chi connectivity index (χ0) is 19.4. The fourth-order valence-corrected chi connectivity index (χ4v) is 3.99. The number of hydrogen-bond acceptors (Lipinski definition) is 6. The molecule has 1 saturated heterocycles. The highest BCUT2D eigenvalue weighted by molar-refractivity contribution is 7.15.